The highest BCUT2D eigenvalue weighted by Gasteiger charge is 2.39. The molecule has 2 atom stereocenters. The molecule has 7 heteroatoms. The summed E-state index contributed by atoms with van der Waals surface area (Å²) in [6.45, 7) is 6.22. The molecular weight excluding hydrogens is 262 g/mol. The second kappa shape index (κ2) is 8.21. The van der Waals surface area contributed by atoms with Gasteiger partial charge in [0.2, 0.25) is 0 Å². The summed E-state index contributed by atoms with van der Waals surface area (Å²) in [5, 5.41) is 5.96. The van der Waals surface area contributed by atoms with E-state index in [1.54, 1.807) is 13.0 Å². The maximum atomic E-state index is 11.4. The highest BCUT2D eigenvalue weighted by Crippen LogP contribution is 2.26. The molecule has 0 aromatic heterocycles. The van der Waals surface area contributed by atoms with Gasteiger partial charge in [-0.1, -0.05) is 6.08 Å². The second-order valence-electron chi connectivity index (χ2n) is 4.24. The van der Waals surface area contributed by atoms with Crippen LogP contribution in [0.4, 0.5) is 0 Å². The number of hydrogen-bond acceptors (Lipinski definition) is 7. The minimum absolute atomic E-state index is 0.0490. The Hall–Kier alpha value is -2.02. The minimum Gasteiger partial charge on any atom is -0.461 e. The zero-order valence-electron chi connectivity index (χ0n) is 11.4. The Morgan fingerprint density at radius 3 is 2.95 bits per heavy atom. The Labute approximate surface area is 117 Å². The van der Waals surface area contributed by atoms with Crippen LogP contribution >= 0.6 is 0 Å². The van der Waals surface area contributed by atoms with Crippen LogP contribution in [0.15, 0.2) is 29.7 Å². The van der Waals surface area contributed by atoms with E-state index < -0.39 is 12.1 Å². The van der Waals surface area contributed by atoms with Crippen LogP contribution in [0.2, 0.25) is 0 Å². The molecule has 2 N–H and O–H groups in total. The van der Waals surface area contributed by atoms with Crippen molar-refractivity contribution in [3.8, 4) is 0 Å². The average molecular weight is 281 g/mol. The number of ketones is 1. The number of Topliss-reactive ketones (excluding diaryl/α,β-unsaturated/α-hetero) is 1. The SMILES string of the molecule is C=CCOC1C(=O)CC1CN/C=C(\N=N)C(=O)OCC. The van der Waals surface area contributed by atoms with Gasteiger partial charge in [-0.25, -0.2) is 10.3 Å². The molecule has 0 aromatic carbocycles. The molecule has 2 unspecified atom stereocenters. The lowest BCUT2D eigenvalue weighted by Gasteiger charge is -2.34. The molecule has 1 saturated carbocycles. The van der Waals surface area contributed by atoms with E-state index in [0.29, 0.717) is 19.6 Å². The van der Waals surface area contributed by atoms with Crippen molar-refractivity contribution in [1.29, 1.82) is 5.53 Å². The summed E-state index contributed by atoms with van der Waals surface area (Å²) in [6, 6.07) is 0. The molecule has 0 amide bonds. The fourth-order valence-corrected chi connectivity index (χ4v) is 1.81. The van der Waals surface area contributed by atoms with Crippen molar-refractivity contribution in [3.63, 3.8) is 0 Å². The van der Waals surface area contributed by atoms with Crippen LogP contribution in [0, 0.1) is 11.4 Å². The predicted octanol–water partition coefficient (Wildman–Crippen LogP) is 1.17. The van der Waals surface area contributed by atoms with Gasteiger partial charge in [0.25, 0.3) is 0 Å². The first-order chi connectivity index (χ1) is 9.63. The highest BCUT2D eigenvalue weighted by atomic mass is 16.5. The predicted molar refractivity (Wildman–Crippen MR) is 70.9 cm³/mol. The van der Waals surface area contributed by atoms with Crippen molar-refractivity contribution < 1.29 is 19.1 Å². The number of rotatable bonds is 9. The molecule has 7 nitrogen and oxygen atoms in total. The third-order valence-corrected chi connectivity index (χ3v) is 2.83. The van der Waals surface area contributed by atoms with Crippen molar-refractivity contribution in [2.45, 2.75) is 19.4 Å². The minimum atomic E-state index is -0.654. The van der Waals surface area contributed by atoms with Gasteiger partial charge in [0.1, 0.15) is 6.10 Å². The van der Waals surface area contributed by atoms with Gasteiger partial charge in [0.15, 0.2) is 11.5 Å². The summed E-state index contributed by atoms with van der Waals surface area (Å²) in [6.07, 6.45) is 2.93. The van der Waals surface area contributed by atoms with Crippen LogP contribution < -0.4 is 5.32 Å². The molecule has 0 bridgehead atoms. The Morgan fingerprint density at radius 1 is 1.65 bits per heavy atom. The Bertz CT molecular complexity index is 420. The van der Waals surface area contributed by atoms with Gasteiger partial charge in [-0.15, -0.1) is 11.7 Å². The molecule has 110 valence electrons. The zero-order chi connectivity index (χ0) is 15.0. The van der Waals surface area contributed by atoms with Gasteiger partial charge in [0, 0.05) is 25.1 Å². The topological polar surface area (TPSA) is 101 Å². The maximum absolute atomic E-state index is 11.4. The van der Waals surface area contributed by atoms with Crippen molar-refractivity contribution in [2.24, 2.45) is 11.0 Å². The largest absolute Gasteiger partial charge is 0.461 e. The first kappa shape index (κ1) is 16.0. The molecule has 1 rings (SSSR count). The standard InChI is InChI=1S/C13H19N3O4/c1-3-5-20-12-9(6-11(12)17)7-15-8-10(16-14)13(18)19-4-2/h3,8-9,12,14-15H,1,4-7H2,2H3/b10-8-,16-14?. The third-order valence-electron chi connectivity index (χ3n) is 2.83. The first-order valence-electron chi connectivity index (χ1n) is 6.37. The molecule has 0 saturated heterocycles. The van der Waals surface area contributed by atoms with Crippen LogP contribution in [-0.4, -0.2) is 37.6 Å². The summed E-state index contributed by atoms with van der Waals surface area (Å²) in [5.41, 5.74) is 6.79. The van der Waals surface area contributed by atoms with E-state index in [4.69, 9.17) is 15.0 Å². The number of esters is 1. The number of nitrogens with zero attached hydrogens (tertiary/aromatic N) is 1. The number of ether oxygens (including phenoxy) is 2. The number of carbonyl (C=O) groups excluding carboxylic acids is 2. The normalized spacial score (nSPS) is 21.9. The van der Waals surface area contributed by atoms with Crippen molar-refractivity contribution in [1.82, 2.24) is 5.32 Å². The van der Waals surface area contributed by atoms with Gasteiger partial charge < -0.3 is 14.8 Å². The van der Waals surface area contributed by atoms with Crippen LogP contribution in [0.25, 0.3) is 0 Å². The molecule has 0 aromatic rings. The number of nitrogens with one attached hydrogen (secondary N) is 2. The zero-order valence-corrected chi connectivity index (χ0v) is 11.4. The summed E-state index contributed by atoms with van der Waals surface area (Å²) >= 11 is 0. The fraction of sp³-hybridized carbons (Fsp3) is 0.538. The molecule has 20 heavy (non-hydrogen) atoms. The van der Waals surface area contributed by atoms with E-state index in [9.17, 15) is 9.59 Å². The molecule has 1 fully saturated rings. The van der Waals surface area contributed by atoms with E-state index in [1.807, 2.05) is 0 Å². The van der Waals surface area contributed by atoms with Gasteiger partial charge >= 0.3 is 5.97 Å². The summed E-state index contributed by atoms with van der Waals surface area (Å²) in [7, 11) is 0. The van der Waals surface area contributed by atoms with E-state index in [0.717, 1.165) is 0 Å². The average Bonchev–Trinajstić information content (AvgIpc) is 2.42. The molecule has 0 aliphatic heterocycles. The monoisotopic (exact) mass is 281 g/mol. The lowest BCUT2D eigenvalue weighted by Crippen LogP contribution is -2.48. The molecule has 1 aliphatic rings. The molecule has 0 radical (unpaired) electrons. The van der Waals surface area contributed by atoms with E-state index in [1.165, 1.54) is 6.20 Å². The summed E-state index contributed by atoms with van der Waals surface area (Å²) in [5.74, 6) is -0.537. The van der Waals surface area contributed by atoms with Crippen molar-refractivity contribution in [2.75, 3.05) is 19.8 Å². The smallest absolute Gasteiger partial charge is 0.360 e. The maximum Gasteiger partial charge on any atom is 0.360 e. The van der Waals surface area contributed by atoms with Crippen molar-refractivity contribution >= 4 is 11.8 Å². The molecule has 1 aliphatic carbocycles. The quantitative estimate of drug-likeness (QED) is 0.286. The summed E-state index contributed by atoms with van der Waals surface area (Å²) in [4.78, 5) is 22.7. The van der Waals surface area contributed by atoms with Gasteiger partial charge in [-0.3, -0.25) is 4.79 Å². The Morgan fingerprint density at radius 2 is 2.40 bits per heavy atom. The Kier molecular flexibility index (Phi) is 6.58. The molecule has 0 heterocycles. The first-order valence-corrected chi connectivity index (χ1v) is 6.37. The fourth-order valence-electron chi connectivity index (χ4n) is 1.81. The highest BCUT2D eigenvalue weighted by molar-refractivity contribution is 5.90. The summed E-state index contributed by atoms with van der Waals surface area (Å²) < 4.78 is 10.1. The van der Waals surface area contributed by atoms with Crippen LogP contribution in [-0.2, 0) is 19.1 Å². The van der Waals surface area contributed by atoms with E-state index in [-0.39, 0.29) is 24.0 Å². The van der Waals surface area contributed by atoms with Crippen LogP contribution in [0.3, 0.4) is 0 Å². The third kappa shape index (κ3) is 4.27. The Balaban J connectivity index is 2.42. The van der Waals surface area contributed by atoms with E-state index in [2.05, 4.69) is 17.0 Å². The van der Waals surface area contributed by atoms with Gasteiger partial charge in [-0.2, -0.15) is 0 Å². The lowest BCUT2D eigenvalue weighted by atomic mass is 9.80. The van der Waals surface area contributed by atoms with Crippen LogP contribution in [0.1, 0.15) is 13.3 Å². The number of hydrogen-bond donors (Lipinski definition) is 2. The van der Waals surface area contributed by atoms with Crippen LogP contribution in [0.5, 0.6) is 0 Å². The lowest BCUT2D eigenvalue weighted by molar-refractivity contribution is -0.146. The number of carbonyl (C=O) groups is 2. The molecular formula is C13H19N3O4. The molecule has 0 spiro atoms. The second-order valence-corrected chi connectivity index (χ2v) is 4.24. The van der Waals surface area contributed by atoms with E-state index >= 15 is 0 Å². The van der Waals surface area contributed by atoms with Gasteiger partial charge in [0.05, 0.1) is 13.2 Å². The van der Waals surface area contributed by atoms with Gasteiger partial charge in [-0.05, 0) is 6.92 Å². The van der Waals surface area contributed by atoms with Crippen molar-refractivity contribution in [3.05, 3.63) is 24.6 Å².